The van der Waals surface area contributed by atoms with Gasteiger partial charge < -0.3 is 10.1 Å². The van der Waals surface area contributed by atoms with Crippen molar-refractivity contribution in [1.29, 1.82) is 0 Å². The van der Waals surface area contributed by atoms with E-state index in [4.69, 9.17) is 4.74 Å². The summed E-state index contributed by atoms with van der Waals surface area (Å²) in [5.41, 5.74) is 4.51. The lowest BCUT2D eigenvalue weighted by Gasteiger charge is -2.11. The minimum Gasteiger partial charge on any atom is -0.385 e. The number of hydrogen-bond acceptors (Lipinski definition) is 3. The lowest BCUT2D eigenvalue weighted by Crippen LogP contribution is -2.05. The van der Waals surface area contributed by atoms with Crippen molar-refractivity contribution in [2.24, 2.45) is 0 Å². The molecule has 0 radical (unpaired) electrons. The highest BCUT2D eigenvalue weighted by atomic mass is 35.5. The van der Waals surface area contributed by atoms with E-state index in [1.54, 1.807) is 7.11 Å². The van der Waals surface area contributed by atoms with E-state index in [1.807, 2.05) is 6.92 Å². The number of ether oxygens (including phenoxy) is 1. The predicted octanol–water partition coefficient (Wildman–Crippen LogP) is 3.97. The van der Waals surface area contributed by atoms with Crippen molar-refractivity contribution in [1.82, 2.24) is 4.98 Å². The van der Waals surface area contributed by atoms with Gasteiger partial charge in [-0.1, -0.05) is 11.6 Å². The zero-order chi connectivity index (χ0) is 13.0. The van der Waals surface area contributed by atoms with Crippen LogP contribution in [0.2, 0.25) is 0 Å². The third-order valence-corrected chi connectivity index (χ3v) is 2.93. The van der Waals surface area contributed by atoms with Gasteiger partial charge in [-0.15, -0.1) is 12.4 Å². The molecule has 2 rings (SSSR count). The summed E-state index contributed by atoms with van der Waals surface area (Å²) >= 11 is 0. The van der Waals surface area contributed by atoms with Crippen molar-refractivity contribution in [2.45, 2.75) is 20.3 Å². The van der Waals surface area contributed by atoms with Crippen LogP contribution >= 0.6 is 12.4 Å². The third-order valence-electron chi connectivity index (χ3n) is 2.93. The smallest absolute Gasteiger partial charge is 0.0726 e. The summed E-state index contributed by atoms with van der Waals surface area (Å²) in [6.07, 6.45) is 1.01. The van der Waals surface area contributed by atoms with Crippen LogP contribution in [-0.4, -0.2) is 25.2 Å². The van der Waals surface area contributed by atoms with E-state index in [9.17, 15) is 0 Å². The zero-order valence-corrected chi connectivity index (χ0v) is 12.5. The molecule has 0 atom stereocenters. The van der Waals surface area contributed by atoms with E-state index in [0.29, 0.717) is 0 Å². The number of aromatic nitrogens is 1. The summed E-state index contributed by atoms with van der Waals surface area (Å²) in [6, 6.07) is 8.47. The topological polar surface area (TPSA) is 34.1 Å². The van der Waals surface area contributed by atoms with Gasteiger partial charge in [0.25, 0.3) is 0 Å². The van der Waals surface area contributed by atoms with Gasteiger partial charge >= 0.3 is 0 Å². The molecule has 3 nitrogen and oxygen atoms in total. The number of fused-ring (bicyclic) bond motifs is 1. The molecule has 1 N–H and O–H groups in total. The number of rotatable bonds is 5. The van der Waals surface area contributed by atoms with Gasteiger partial charge in [-0.2, -0.15) is 0 Å². The molecule has 0 fully saturated rings. The quantitative estimate of drug-likeness (QED) is 0.843. The fourth-order valence-electron chi connectivity index (χ4n) is 2.06. The van der Waals surface area contributed by atoms with Crippen LogP contribution in [0.5, 0.6) is 0 Å². The maximum Gasteiger partial charge on any atom is 0.0726 e. The summed E-state index contributed by atoms with van der Waals surface area (Å²) in [4.78, 5) is 4.56. The third kappa shape index (κ3) is 4.08. The number of pyridine rings is 1. The standard InChI is InChI=1S/C15H20N2O.ClH.H2/c1-11-5-6-14-13(9-11)15(10-12(2)17-14)16-7-4-8-18-3;;/h5-6,9-10H,4,7-8H2,1-3H3,(H,16,17);2*1H. The van der Waals surface area contributed by atoms with Crippen LogP contribution in [0.4, 0.5) is 5.69 Å². The average Bonchev–Trinajstić information content (AvgIpc) is 2.35. The predicted molar refractivity (Wildman–Crippen MR) is 85.6 cm³/mol. The Morgan fingerprint density at radius 1 is 1.26 bits per heavy atom. The van der Waals surface area contributed by atoms with Crippen LogP contribution in [0, 0.1) is 13.8 Å². The first-order valence-electron chi connectivity index (χ1n) is 6.31. The molecule has 0 aliphatic heterocycles. The number of benzene rings is 1. The van der Waals surface area contributed by atoms with Crippen molar-refractivity contribution in [3.63, 3.8) is 0 Å². The highest BCUT2D eigenvalue weighted by Gasteiger charge is 2.03. The van der Waals surface area contributed by atoms with E-state index < -0.39 is 0 Å². The Kier molecular flexibility index (Phi) is 6.06. The first-order valence-corrected chi connectivity index (χ1v) is 6.31. The Morgan fingerprint density at radius 3 is 2.79 bits per heavy atom. The number of anilines is 1. The second-order valence-corrected chi connectivity index (χ2v) is 4.60. The minimum absolute atomic E-state index is 0. The Balaban J connectivity index is 0.00000180. The first kappa shape index (κ1) is 15.7. The summed E-state index contributed by atoms with van der Waals surface area (Å²) in [5.74, 6) is 0. The van der Waals surface area contributed by atoms with Crippen LogP contribution in [0.3, 0.4) is 0 Å². The van der Waals surface area contributed by atoms with E-state index in [0.717, 1.165) is 36.5 Å². The Morgan fingerprint density at radius 2 is 2.05 bits per heavy atom. The molecule has 0 aliphatic carbocycles. The van der Waals surface area contributed by atoms with Gasteiger partial charge in [-0.25, -0.2) is 0 Å². The van der Waals surface area contributed by atoms with E-state index >= 15 is 0 Å². The largest absolute Gasteiger partial charge is 0.385 e. The van der Waals surface area contributed by atoms with Crippen molar-refractivity contribution < 1.29 is 6.16 Å². The monoisotopic (exact) mass is 282 g/mol. The molecule has 0 aliphatic rings. The fourth-order valence-corrected chi connectivity index (χ4v) is 2.06. The lowest BCUT2D eigenvalue weighted by molar-refractivity contribution is 0.198. The van der Waals surface area contributed by atoms with Gasteiger partial charge in [0.05, 0.1) is 5.52 Å². The molecule has 4 heteroatoms. The van der Waals surface area contributed by atoms with Crippen molar-refractivity contribution in [3.8, 4) is 0 Å². The van der Waals surface area contributed by atoms with Gasteiger partial charge in [-0.05, 0) is 38.5 Å². The second-order valence-electron chi connectivity index (χ2n) is 4.60. The lowest BCUT2D eigenvalue weighted by atomic mass is 10.1. The molecule has 1 aromatic carbocycles. The van der Waals surface area contributed by atoms with Gasteiger partial charge in [-0.3, -0.25) is 4.98 Å². The summed E-state index contributed by atoms with van der Waals surface area (Å²) in [5, 5.41) is 4.66. The van der Waals surface area contributed by atoms with Crippen LogP contribution < -0.4 is 5.32 Å². The molecule has 19 heavy (non-hydrogen) atoms. The summed E-state index contributed by atoms with van der Waals surface area (Å²) in [6.45, 7) is 5.84. The molecule has 1 heterocycles. The molecule has 2 aromatic rings. The molecule has 0 saturated carbocycles. The number of hydrogen-bond donors (Lipinski definition) is 1. The van der Waals surface area contributed by atoms with E-state index in [2.05, 4.69) is 41.5 Å². The number of halogens is 1. The molecule has 0 unspecified atom stereocenters. The van der Waals surface area contributed by atoms with Crippen LogP contribution in [0.25, 0.3) is 10.9 Å². The van der Waals surface area contributed by atoms with E-state index in [1.165, 1.54) is 10.9 Å². The molecule has 0 bridgehead atoms. The SMILES string of the molecule is COCCCNc1cc(C)nc2ccc(C)cc12.Cl.[HH]. The van der Waals surface area contributed by atoms with Gasteiger partial charge in [0.1, 0.15) is 0 Å². The van der Waals surface area contributed by atoms with Crippen LogP contribution in [0.15, 0.2) is 24.3 Å². The van der Waals surface area contributed by atoms with Gasteiger partial charge in [0.2, 0.25) is 0 Å². The Bertz CT molecular complexity index is 549. The molecular weight excluding hydrogens is 260 g/mol. The first-order chi connectivity index (χ1) is 8.70. The van der Waals surface area contributed by atoms with Gasteiger partial charge in [0.15, 0.2) is 0 Å². The Hall–Kier alpha value is -1.32. The van der Waals surface area contributed by atoms with Crippen LogP contribution in [0.1, 0.15) is 19.1 Å². The van der Waals surface area contributed by atoms with Crippen molar-refractivity contribution >= 4 is 29.0 Å². The van der Waals surface area contributed by atoms with E-state index in [-0.39, 0.29) is 13.8 Å². The normalized spacial score (nSPS) is 10.3. The molecule has 0 saturated heterocycles. The number of nitrogens with zero attached hydrogens (tertiary/aromatic N) is 1. The summed E-state index contributed by atoms with van der Waals surface area (Å²) < 4.78 is 5.06. The Labute approximate surface area is 122 Å². The number of aryl methyl sites for hydroxylation is 2. The minimum atomic E-state index is 0. The van der Waals surface area contributed by atoms with Gasteiger partial charge in [0, 0.05) is 38.5 Å². The zero-order valence-electron chi connectivity index (χ0n) is 11.7. The van der Waals surface area contributed by atoms with Crippen LogP contribution in [-0.2, 0) is 4.74 Å². The average molecular weight is 283 g/mol. The van der Waals surface area contributed by atoms with Crippen molar-refractivity contribution in [2.75, 3.05) is 25.6 Å². The maximum absolute atomic E-state index is 5.06. The molecule has 1 aromatic heterocycles. The number of methoxy groups -OCH3 is 1. The second kappa shape index (κ2) is 7.31. The molecule has 0 amide bonds. The summed E-state index contributed by atoms with van der Waals surface area (Å²) in [7, 11) is 1.73. The molecule has 106 valence electrons. The molecule has 0 spiro atoms. The van der Waals surface area contributed by atoms with Crippen molar-refractivity contribution in [3.05, 3.63) is 35.5 Å². The highest BCUT2D eigenvalue weighted by Crippen LogP contribution is 2.24. The molecular formula is C15H23ClN2O. The highest BCUT2D eigenvalue weighted by molar-refractivity contribution is 5.91. The number of nitrogens with one attached hydrogen (secondary N) is 1. The fraction of sp³-hybridized carbons (Fsp3) is 0.400. The maximum atomic E-state index is 5.06.